The summed E-state index contributed by atoms with van der Waals surface area (Å²) in [5.74, 6) is 0. The molecule has 1 aliphatic heterocycles. The Morgan fingerprint density at radius 1 is 1.56 bits per heavy atom. The van der Waals surface area contributed by atoms with Crippen molar-refractivity contribution in [2.24, 2.45) is 0 Å². The zero-order valence-electron chi connectivity index (χ0n) is 9.65. The monoisotopic (exact) mass is 241 g/mol. The average Bonchev–Trinajstić information content (AvgIpc) is 2.85. The van der Waals surface area contributed by atoms with Crippen LogP contribution in [-0.2, 0) is 9.47 Å². The van der Waals surface area contributed by atoms with Crippen molar-refractivity contribution in [1.82, 2.24) is 5.32 Å². The van der Waals surface area contributed by atoms with Crippen LogP contribution in [0.15, 0.2) is 17.5 Å². The lowest BCUT2D eigenvalue weighted by Gasteiger charge is -2.25. The first-order chi connectivity index (χ1) is 7.90. The van der Waals surface area contributed by atoms with Gasteiger partial charge in [-0.3, -0.25) is 0 Å². The Hall–Kier alpha value is -0.420. The van der Waals surface area contributed by atoms with E-state index in [2.05, 4.69) is 29.8 Å². The average molecular weight is 241 g/mol. The summed E-state index contributed by atoms with van der Waals surface area (Å²) in [5, 5.41) is 5.67. The van der Waals surface area contributed by atoms with Crippen LogP contribution in [0.2, 0.25) is 0 Å². The summed E-state index contributed by atoms with van der Waals surface area (Å²) in [7, 11) is 0. The van der Waals surface area contributed by atoms with Gasteiger partial charge in [0.25, 0.3) is 0 Å². The molecule has 0 saturated carbocycles. The molecule has 3 nitrogen and oxygen atoms in total. The van der Waals surface area contributed by atoms with E-state index >= 15 is 0 Å². The first-order valence-electron chi connectivity index (χ1n) is 5.86. The third-order valence-electron chi connectivity index (χ3n) is 2.77. The van der Waals surface area contributed by atoms with Gasteiger partial charge in [-0.25, -0.2) is 0 Å². The van der Waals surface area contributed by atoms with Crippen LogP contribution in [0.25, 0.3) is 0 Å². The highest BCUT2D eigenvalue weighted by Gasteiger charge is 2.16. The van der Waals surface area contributed by atoms with Gasteiger partial charge in [-0.15, -0.1) is 11.3 Å². The van der Waals surface area contributed by atoms with Gasteiger partial charge in [0.15, 0.2) is 0 Å². The van der Waals surface area contributed by atoms with Crippen molar-refractivity contribution in [2.75, 3.05) is 26.4 Å². The van der Waals surface area contributed by atoms with Crippen molar-refractivity contribution in [3.8, 4) is 0 Å². The largest absolute Gasteiger partial charge is 0.376 e. The molecule has 0 aliphatic carbocycles. The molecule has 1 aliphatic rings. The second-order valence-corrected chi connectivity index (χ2v) is 4.93. The van der Waals surface area contributed by atoms with E-state index < -0.39 is 0 Å². The Bertz CT molecular complexity index is 283. The van der Waals surface area contributed by atoms with Crippen molar-refractivity contribution < 1.29 is 9.47 Å². The van der Waals surface area contributed by atoms with Crippen LogP contribution in [0.3, 0.4) is 0 Å². The third kappa shape index (κ3) is 3.28. The Morgan fingerprint density at radius 3 is 3.12 bits per heavy atom. The highest BCUT2D eigenvalue weighted by molar-refractivity contribution is 7.10. The molecule has 2 atom stereocenters. The summed E-state index contributed by atoms with van der Waals surface area (Å²) >= 11 is 1.81. The predicted octanol–water partition coefficient (Wildman–Crippen LogP) is 2.20. The summed E-state index contributed by atoms with van der Waals surface area (Å²) in [4.78, 5) is 1.40. The van der Waals surface area contributed by atoms with E-state index in [-0.39, 0.29) is 6.10 Å². The lowest BCUT2D eigenvalue weighted by atomic mass is 10.2. The van der Waals surface area contributed by atoms with Crippen LogP contribution in [0, 0.1) is 0 Å². The lowest BCUT2D eigenvalue weighted by Crippen LogP contribution is -2.38. The fourth-order valence-electron chi connectivity index (χ4n) is 1.86. The molecule has 0 amide bonds. The minimum atomic E-state index is 0.211. The molecule has 1 aromatic rings. The molecule has 1 aromatic heterocycles. The summed E-state index contributed by atoms with van der Waals surface area (Å²) in [5.41, 5.74) is 0. The van der Waals surface area contributed by atoms with E-state index in [0.717, 1.165) is 26.2 Å². The summed E-state index contributed by atoms with van der Waals surface area (Å²) in [6, 6.07) is 4.74. The van der Waals surface area contributed by atoms with E-state index in [1.54, 1.807) is 0 Å². The topological polar surface area (TPSA) is 30.5 Å². The van der Waals surface area contributed by atoms with Gasteiger partial charge >= 0.3 is 0 Å². The Balaban J connectivity index is 1.78. The Morgan fingerprint density at radius 2 is 2.50 bits per heavy atom. The van der Waals surface area contributed by atoms with Crippen LogP contribution in [0.4, 0.5) is 0 Å². The van der Waals surface area contributed by atoms with Crippen LogP contribution in [-0.4, -0.2) is 32.5 Å². The number of nitrogens with one attached hydrogen (secondary N) is 1. The molecular weight excluding hydrogens is 222 g/mol. The Labute approximate surface area is 101 Å². The maximum Gasteiger partial charge on any atom is 0.0933 e. The minimum Gasteiger partial charge on any atom is -0.376 e. The number of rotatable bonds is 5. The number of hydrogen-bond donors (Lipinski definition) is 1. The molecule has 2 unspecified atom stereocenters. The molecule has 1 saturated heterocycles. The van der Waals surface area contributed by atoms with Gasteiger partial charge in [-0.2, -0.15) is 0 Å². The first-order valence-corrected chi connectivity index (χ1v) is 6.74. The smallest absolute Gasteiger partial charge is 0.0933 e. The van der Waals surface area contributed by atoms with E-state index in [1.165, 1.54) is 4.88 Å². The van der Waals surface area contributed by atoms with Crippen LogP contribution in [0.1, 0.15) is 24.3 Å². The molecule has 90 valence electrons. The zero-order valence-corrected chi connectivity index (χ0v) is 10.5. The molecule has 4 heteroatoms. The van der Waals surface area contributed by atoms with Gasteiger partial charge in [-0.05, 0) is 17.9 Å². The summed E-state index contributed by atoms with van der Waals surface area (Å²) < 4.78 is 11.0. The van der Waals surface area contributed by atoms with Crippen molar-refractivity contribution in [2.45, 2.75) is 25.5 Å². The fraction of sp³-hybridized carbons (Fsp3) is 0.667. The zero-order chi connectivity index (χ0) is 11.2. The molecule has 2 heterocycles. The molecule has 0 radical (unpaired) electrons. The van der Waals surface area contributed by atoms with Crippen molar-refractivity contribution in [3.05, 3.63) is 22.4 Å². The van der Waals surface area contributed by atoms with Crippen molar-refractivity contribution in [1.29, 1.82) is 0 Å². The number of hydrogen-bond acceptors (Lipinski definition) is 4. The van der Waals surface area contributed by atoms with Gasteiger partial charge in [0, 0.05) is 17.5 Å². The van der Waals surface area contributed by atoms with Gasteiger partial charge < -0.3 is 14.8 Å². The van der Waals surface area contributed by atoms with E-state index in [9.17, 15) is 0 Å². The molecule has 1 N–H and O–H groups in total. The third-order valence-corrected chi connectivity index (χ3v) is 3.76. The van der Waals surface area contributed by atoms with E-state index in [0.29, 0.717) is 12.6 Å². The summed E-state index contributed by atoms with van der Waals surface area (Å²) in [6.45, 7) is 5.25. The van der Waals surface area contributed by atoms with Gasteiger partial charge in [0.2, 0.25) is 0 Å². The van der Waals surface area contributed by atoms with Crippen LogP contribution in [0.5, 0.6) is 0 Å². The van der Waals surface area contributed by atoms with E-state index in [1.807, 2.05) is 11.3 Å². The maximum absolute atomic E-state index is 5.61. The Kier molecular flexibility index (Phi) is 4.78. The predicted molar refractivity (Wildman–Crippen MR) is 65.9 cm³/mol. The molecule has 0 aromatic carbocycles. The lowest BCUT2D eigenvalue weighted by molar-refractivity contribution is -0.0871. The van der Waals surface area contributed by atoms with E-state index in [4.69, 9.17) is 9.47 Å². The highest BCUT2D eigenvalue weighted by atomic mass is 32.1. The van der Waals surface area contributed by atoms with Gasteiger partial charge in [0.1, 0.15) is 0 Å². The number of ether oxygens (including phenoxy) is 2. The molecule has 1 fully saturated rings. The second kappa shape index (κ2) is 6.35. The first kappa shape index (κ1) is 12.0. The minimum absolute atomic E-state index is 0.211. The van der Waals surface area contributed by atoms with Crippen LogP contribution < -0.4 is 5.32 Å². The molecule has 0 spiro atoms. The van der Waals surface area contributed by atoms with Gasteiger partial charge in [-0.1, -0.05) is 13.0 Å². The highest BCUT2D eigenvalue weighted by Crippen LogP contribution is 2.21. The second-order valence-electron chi connectivity index (χ2n) is 3.95. The quantitative estimate of drug-likeness (QED) is 0.857. The molecule has 16 heavy (non-hydrogen) atoms. The van der Waals surface area contributed by atoms with Crippen molar-refractivity contribution in [3.63, 3.8) is 0 Å². The van der Waals surface area contributed by atoms with Gasteiger partial charge in [0.05, 0.1) is 25.9 Å². The molecular formula is C12H19NO2S. The number of thiophene rings is 1. The SMILES string of the molecule is CCC(NCC1COCCO1)c1cccs1. The van der Waals surface area contributed by atoms with Crippen molar-refractivity contribution >= 4 is 11.3 Å². The maximum atomic E-state index is 5.61. The van der Waals surface area contributed by atoms with Crippen LogP contribution >= 0.6 is 11.3 Å². The standard InChI is InChI=1S/C12H19NO2S/c1-2-11(12-4-3-7-16-12)13-8-10-9-14-5-6-15-10/h3-4,7,10-11,13H,2,5-6,8-9H2,1H3. The normalized spacial score (nSPS) is 23.2. The molecule has 0 bridgehead atoms. The fourth-order valence-corrected chi connectivity index (χ4v) is 2.75. The molecule has 2 rings (SSSR count). The summed E-state index contributed by atoms with van der Waals surface area (Å²) in [6.07, 6.45) is 1.32.